The molecule has 4 N–H and O–H groups in total. The molecule has 3 nitrogen and oxygen atoms in total. The lowest BCUT2D eigenvalue weighted by Crippen LogP contribution is -1.95. The summed E-state index contributed by atoms with van der Waals surface area (Å²) in [6, 6.07) is 5.19. The molecule has 0 heterocycles. The van der Waals surface area contributed by atoms with Crippen molar-refractivity contribution in [3.8, 4) is 0 Å². The molecule has 0 amide bonds. The highest BCUT2D eigenvalue weighted by atomic mass is 79.9. The lowest BCUT2D eigenvalue weighted by atomic mass is 10.3. The average molecular weight is 203 g/mol. The summed E-state index contributed by atoms with van der Waals surface area (Å²) in [6.45, 7) is 0. The molecule has 0 aromatic heterocycles. The molecule has 1 rings (SSSR count). The fourth-order valence-corrected chi connectivity index (χ4v) is 0.986. The molecule has 10 heavy (non-hydrogen) atoms. The normalized spacial score (nSPS) is 9.40. The first-order chi connectivity index (χ1) is 4.74. The fourth-order valence-electron chi connectivity index (χ4n) is 0.625. The first-order valence-corrected chi connectivity index (χ1v) is 3.48. The number of halogens is 1. The standard InChI is InChI=1S/C6H7BrN2O/c7-4-1-2-5(8)6(3-4)9-10/h1-3,9-10H,8H2. The van der Waals surface area contributed by atoms with Gasteiger partial charge in [-0.05, 0) is 18.2 Å². The fraction of sp³-hybridized carbons (Fsp3) is 0. The Balaban J connectivity index is 3.09. The molecular formula is C6H7BrN2O. The van der Waals surface area contributed by atoms with Crippen molar-refractivity contribution < 1.29 is 5.21 Å². The van der Waals surface area contributed by atoms with Gasteiger partial charge in [-0.1, -0.05) is 15.9 Å². The van der Waals surface area contributed by atoms with Crippen LogP contribution in [0.25, 0.3) is 0 Å². The number of hydrogen-bond donors (Lipinski definition) is 3. The zero-order chi connectivity index (χ0) is 7.56. The second kappa shape index (κ2) is 2.90. The van der Waals surface area contributed by atoms with E-state index in [2.05, 4.69) is 15.9 Å². The maximum Gasteiger partial charge on any atom is 0.0842 e. The molecule has 1 aromatic carbocycles. The highest BCUT2D eigenvalue weighted by Crippen LogP contribution is 2.22. The van der Waals surface area contributed by atoms with Crippen molar-refractivity contribution in [2.75, 3.05) is 11.2 Å². The van der Waals surface area contributed by atoms with Crippen molar-refractivity contribution in [1.82, 2.24) is 0 Å². The molecule has 0 atom stereocenters. The van der Waals surface area contributed by atoms with Gasteiger partial charge in [0.05, 0.1) is 11.4 Å². The third kappa shape index (κ3) is 1.40. The lowest BCUT2D eigenvalue weighted by Gasteiger charge is -2.02. The van der Waals surface area contributed by atoms with Crippen molar-refractivity contribution >= 4 is 27.3 Å². The van der Waals surface area contributed by atoms with E-state index in [-0.39, 0.29) is 0 Å². The van der Waals surface area contributed by atoms with E-state index in [4.69, 9.17) is 10.9 Å². The molecule has 0 aliphatic heterocycles. The maximum atomic E-state index is 8.49. The van der Waals surface area contributed by atoms with Gasteiger partial charge < -0.3 is 5.73 Å². The van der Waals surface area contributed by atoms with Crippen molar-refractivity contribution in [2.24, 2.45) is 0 Å². The van der Waals surface area contributed by atoms with Crippen molar-refractivity contribution in [3.05, 3.63) is 22.7 Å². The Morgan fingerprint density at radius 2 is 2.20 bits per heavy atom. The molecule has 0 unspecified atom stereocenters. The van der Waals surface area contributed by atoms with Gasteiger partial charge in [0, 0.05) is 4.47 Å². The minimum absolute atomic E-state index is 0.509. The molecule has 0 saturated heterocycles. The van der Waals surface area contributed by atoms with Gasteiger partial charge in [-0.2, -0.15) is 0 Å². The first kappa shape index (κ1) is 7.37. The van der Waals surface area contributed by atoms with Crippen LogP contribution in [0.4, 0.5) is 11.4 Å². The second-order valence-corrected chi connectivity index (χ2v) is 2.76. The zero-order valence-corrected chi connectivity index (χ0v) is 6.72. The van der Waals surface area contributed by atoms with E-state index < -0.39 is 0 Å². The summed E-state index contributed by atoms with van der Waals surface area (Å²) in [4.78, 5) is 0. The second-order valence-electron chi connectivity index (χ2n) is 1.84. The van der Waals surface area contributed by atoms with Gasteiger partial charge in [-0.15, -0.1) is 0 Å². The summed E-state index contributed by atoms with van der Waals surface area (Å²) >= 11 is 3.23. The van der Waals surface area contributed by atoms with Gasteiger partial charge in [-0.25, -0.2) is 0 Å². The monoisotopic (exact) mass is 202 g/mol. The predicted octanol–water partition coefficient (Wildman–Crippen LogP) is 1.83. The van der Waals surface area contributed by atoms with Crippen molar-refractivity contribution in [1.29, 1.82) is 0 Å². The van der Waals surface area contributed by atoms with Crippen LogP contribution in [0.1, 0.15) is 0 Å². The lowest BCUT2D eigenvalue weighted by molar-refractivity contribution is 0.389. The third-order valence-corrected chi connectivity index (χ3v) is 1.63. The SMILES string of the molecule is Nc1ccc(Br)cc1NO. The van der Waals surface area contributed by atoms with Crippen LogP contribution in [0.2, 0.25) is 0 Å². The van der Waals surface area contributed by atoms with E-state index in [1.165, 1.54) is 0 Å². The molecular weight excluding hydrogens is 196 g/mol. The Labute approximate surface area is 66.9 Å². The number of benzene rings is 1. The van der Waals surface area contributed by atoms with Crippen LogP contribution in [0.15, 0.2) is 22.7 Å². The summed E-state index contributed by atoms with van der Waals surface area (Å²) in [7, 11) is 0. The van der Waals surface area contributed by atoms with Crippen LogP contribution in [-0.2, 0) is 0 Å². The van der Waals surface area contributed by atoms with Crippen LogP contribution >= 0.6 is 15.9 Å². The smallest absolute Gasteiger partial charge is 0.0842 e. The topological polar surface area (TPSA) is 58.3 Å². The van der Waals surface area contributed by atoms with E-state index in [0.29, 0.717) is 11.4 Å². The Hall–Kier alpha value is -0.740. The number of nitrogen functional groups attached to an aromatic ring is 1. The molecule has 0 bridgehead atoms. The number of anilines is 2. The van der Waals surface area contributed by atoms with Gasteiger partial charge in [0.15, 0.2) is 0 Å². The minimum atomic E-state index is 0.509. The average Bonchev–Trinajstić information content (AvgIpc) is 1.94. The van der Waals surface area contributed by atoms with E-state index in [9.17, 15) is 0 Å². The molecule has 0 aliphatic carbocycles. The van der Waals surface area contributed by atoms with Gasteiger partial charge in [0.25, 0.3) is 0 Å². The summed E-state index contributed by atoms with van der Waals surface area (Å²) in [5, 5.41) is 8.49. The Morgan fingerprint density at radius 3 is 2.70 bits per heavy atom. The Morgan fingerprint density at radius 1 is 1.50 bits per heavy atom. The third-order valence-electron chi connectivity index (χ3n) is 1.14. The number of hydrogen-bond acceptors (Lipinski definition) is 3. The number of nitrogens with one attached hydrogen (secondary N) is 1. The molecule has 4 heteroatoms. The molecule has 54 valence electrons. The van der Waals surface area contributed by atoms with Gasteiger partial charge in [-0.3, -0.25) is 10.7 Å². The van der Waals surface area contributed by atoms with Gasteiger partial charge in [0.2, 0.25) is 0 Å². The number of nitrogens with two attached hydrogens (primary N) is 1. The predicted molar refractivity (Wildman–Crippen MR) is 44.0 cm³/mol. The summed E-state index contributed by atoms with van der Waals surface area (Å²) in [5.41, 5.74) is 8.47. The zero-order valence-electron chi connectivity index (χ0n) is 5.13. The summed E-state index contributed by atoms with van der Waals surface area (Å²) in [6.07, 6.45) is 0. The Bertz CT molecular complexity index is 239. The van der Waals surface area contributed by atoms with E-state index in [1.54, 1.807) is 18.2 Å². The van der Waals surface area contributed by atoms with Crippen LogP contribution < -0.4 is 11.2 Å². The molecule has 1 aromatic rings. The van der Waals surface area contributed by atoms with Crippen LogP contribution in [0, 0.1) is 0 Å². The quantitative estimate of drug-likeness (QED) is 0.482. The summed E-state index contributed by atoms with van der Waals surface area (Å²) < 4.78 is 0.873. The van der Waals surface area contributed by atoms with E-state index in [1.807, 2.05) is 5.48 Å². The Kier molecular flexibility index (Phi) is 2.13. The largest absolute Gasteiger partial charge is 0.397 e. The molecule has 0 saturated carbocycles. The highest BCUT2D eigenvalue weighted by Gasteiger charge is 1.95. The molecule has 0 fully saturated rings. The number of rotatable bonds is 1. The van der Waals surface area contributed by atoms with Crippen LogP contribution in [-0.4, -0.2) is 5.21 Å². The van der Waals surface area contributed by atoms with Gasteiger partial charge >= 0.3 is 0 Å². The van der Waals surface area contributed by atoms with E-state index >= 15 is 0 Å². The minimum Gasteiger partial charge on any atom is -0.397 e. The van der Waals surface area contributed by atoms with Crippen LogP contribution in [0.3, 0.4) is 0 Å². The van der Waals surface area contributed by atoms with E-state index in [0.717, 1.165) is 4.47 Å². The molecule has 0 spiro atoms. The molecule has 0 radical (unpaired) electrons. The maximum absolute atomic E-state index is 8.49. The van der Waals surface area contributed by atoms with Crippen molar-refractivity contribution in [3.63, 3.8) is 0 Å². The van der Waals surface area contributed by atoms with Gasteiger partial charge in [0.1, 0.15) is 0 Å². The molecule has 0 aliphatic rings. The van der Waals surface area contributed by atoms with Crippen molar-refractivity contribution in [2.45, 2.75) is 0 Å². The first-order valence-electron chi connectivity index (χ1n) is 2.69. The van der Waals surface area contributed by atoms with Crippen LogP contribution in [0.5, 0.6) is 0 Å². The highest BCUT2D eigenvalue weighted by molar-refractivity contribution is 9.10. The summed E-state index contributed by atoms with van der Waals surface area (Å²) in [5.74, 6) is 0.